The van der Waals surface area contributed by atoms with Crippen molar-refractivity contribution in [1.29, 1.82) is 0 Å². The van der Waals surface area contributed by atoms with Crippen LogP contribution in [0.1, 0.15) is 24.8 Å². The third kappa shape index (κ3) is 4.09. The number of nitrogens with zero attached hydrogens (tertiary/aromatic N) is 2. The van der Waals surface area contributed by atoms with E-state index in [1.165, 1.54) is 10.4 Å². The zero-order valence-corrected chi connectivity index (χ0v) is 17.9. The average molecular weight is 413 g/mol. The molecule has 1 aromatic carbocycles. The van der Waals surface area contributed by atoms with Crippen molar-refractivity contribution in [2.45, 2.75) is 31.8 Å². The highest BCUT2D eigenvalue weighted by Gasteiger charge is 2.47. The van der Waals surface area contributed by atoms with Crippen molar-refractivity contribution in [2.75, 3.05) is 33.8 Å². The second-order valence-corrected chi connectivity index (χ2v) is 9.29. The van der Waals surface area contributed by atoms with Crippen LogP contribution in [0.5, 0.6) is 0 Å². The number of hydrogen-bond acceptors (Lipinski definition) is 4. The first-order valence-electron chi connectivity index (χ1n) is 10.2. The molecule has 2 aromatic rings. The molecule has 0 saturated carbocycles. The van der Waals surface area contributed by atoms with E-state index in [-0.39, 0.29) is 17.9 Å². The fourth-order valence-corrected chi connectivity index (χ4v) is 5.30. The van der Waals surface area contributed by atoms with Crippen molar-refractivity contribution in [2.24, 2.45) is 5.41 Å². The monoisotopic (exact) mass is 412 g/mol. The van der Waals surface area contributed by atoms with E-state index in [1.807, 2.05) is 4.90 Å². The fraction of sp³-hybridized carbons (Fsp3) is 0.478. The lowest BCUT2D eigenvalue weighted by atomic mass is 9.79. The number of hydrogen-bond donors (Lipinski definition) is 0. The maximum absolute atomic E-state index is 13.2. The lowest BCUT2D eigenvalue weighted by Gasteiger charge is -2.31. The number of carbonyl (C=O) groups excluding carboxylic acids is 2. The zero-order chi connectivity index (χ0) is 20.4. The Kier molecular flexibility index (Phi) is 5.74. The van der Waals surface area contributed by atoms with Crippen molar-refractivity contribution in [3.8, 4) is 10.4 Å². The van der Waals surface area contributed by atoms with E-state index in [2.05, 4.69) is 41.8 Å². The van der Waals surface area contributed by atoms with Gasteiger partial charge in [0, 0.05) is 38.7 Å². The molecule has 0 bridgehead atoms. The molecule has 0 N–H and O–H groups in total. The number of rotatable bonds is 5. The molecule has 0 unspecified atom stereocenters. The van der Waals surface area contributed by atoms with Gasteiger partial charge >= 0.3 is 0 Å². The molecule has 29 heavy (non-hydrogen) atoms. The Morgan fingerprint density at radius 3 is 2.83 bits per heavy atom. The summed E-state index contributed by atoms with van der Waals surface area (Å²) in [4.78, 5) is 30.8. The van der Waals surface area contributed by atoms with E-state index in [4.69, 9.17) is 4.74 Å². The van der Waals surface area contributed by atoms with Gasteiger partial charge in [-0.05, 0) is 48.3 Å². The molecular formula is C23H28N2O3S. The van der Waals surface area contributed by atoms with E-state index >= 15 is 0 Å². The predicted molar refractivity (Wildman–Crippen MR) is 115 cm³/mol. The summed E-state index contributed by atoms with van der Waals surface area (Å²) in [6.07, 6.45) is 2.71. The Hall–Kier alpha value is -2.18. The van der Waals surface area contributed by atoms with Gasteiger partial charge in [-0.25, -0.2) is 0 Å². The van der Waals surface area contributed by atoms with Gasteiger partial charge in [0.2, 0.25) is 5.91 Å². The fourth-order valence-electron chi connectivity index (χ4n) is 4.57. The quantitative estimate of drug-likeness (QED) is 0.756. The summed E-state index contributed by atoms with van der Waals surface area (Å²) in [5.74, 6) is 0.143. The molecule has 0 spiro atoms. The van der Waals surface area contributed by atoms with Crippen LogP contribution in [0.25, 0.3) is 10.4 Å². The molecular weight excluding hydrogens is 384 g/mol. The first kappa shape index (κ1) is 20.1. The topological polar surface area (TPSA) is 49.9 Å². The van der Waals surface area contributed by atoms with Crippen molar-refractivity contribution in [3.63, 3.8) is 0 Å². The van der Waals surface area contributed by atoms with Gasteiger partial charge < -0.3 is 14.5 Å². The Labute approximate surface area is 176 Å². The Bertz CT molecular complexity index is 874. The predicted octanol–water partition coefficient (Wildman–Crippen LogP) is 3.44. The van der Waals surface area contributed by atoms with Gasteiger partial charge in [0.25, 0.3) is 5.91 Å². The molecule has 2 saturated heterocycles. The number of thiophene rings is 1. The molecule has 6 heteroatoms. The second-order valence-electron chi connectivity index (χ2n) is 8.35. The highest BCUT2D eigenvalue weighted by Crippen LogP contribution is 2.38. The Morgan fingerprint density at radius 2 is 2.14 bits per heavy atom. The minimum Gasteiger partial charge on any atom is -0.368 e. The molecule has 0 radical (unpaired) electrons. The van der Waals surface area contributed by atoms with E-state index in [0.29, 0.717) is 32.5 Å². The molecule has 2 amide bonds. The van der Waals surface area contributed by atoms with Crippen molar-refractivity contribution in [1.82, 2.24) is 9.80 Å². The summed E-state index contributed by atoms with van der Waals surface area (Å²) in [5, 5.41) is 2.07. The van der Waals surface area contributed by atoms with Gasteiger partial charge in [0.15, 0.2) is 0 Å². The SMILES string of the molecule is CN(C)C(=O)[C@@]1(Cc2cccc(-c3cccs3)c2)CCN(C(=O)[C@H]2CCCO2)C1. The van der Waals surface area contributed by atoms with Crippen LogP contribution in [0.3, 0.4) is 0 Å². The molecule has 2 aliphatic heterocycles. The summed E-state index contributed by atoms with van der Waals surface area (Å²) in [6, 6.07) is 12.6. The van der Waals surface area contributed by atoms with Crippen molar-refractivity contribution >= 4 is 23.2 Å². The Morgan fingerprint density at radius 1 is 1.28 bits per heavy atom. The standard InChI is InChI=1S/C23H28N2O3S/c1-24(2)22(27)23(10-11-25(16-23)21(26)19-8-4-12-28-19)15-17-6-3-7-18(14-17)20-9-5-13-29-20/h3,5-7,9,13-14,19H,4,8,10-12,15-16H2,1-2H3/t19-,23-/m1/s1. The molecule has 2 fully saturated rings. The number of carbonyl (C=O) groups is 2. The molecule has 154 valence electrons. The van der Waals surface area contributed by atoms with Crippen LogP contribution in [-0.4, -0.2) is 61.5 Å². The van der Waals surface area contributed by atoms with Gasteiger partial charge in [-0.1, -0.05) is 30.3 Å². The van der Waals surface area contributed by atoms with Crippen LogP contribution in [0, 0.1) is 5.41 Å². The average Bonchev–Trinajstić information content (AvgIpc) is 3.49. The second kappa shape index (κ2) is 8.28. The summed E-state index contributed by atoms with van der Waals surface area (Å²) >= 11 is 1.71. The third-order valence-electron chi connectivity index (χ3n) is 6.01. The molecule has 1 aromatic heterocycles. The van der Waals surface area contributed by atoms with E-state index < -0.39 is 5.41 Å². The first-order chi connectivity index (χ1) is 14.0. The third-order valence-corrected chi connectivity index (χ3v) is 6.92. The van der Waals surface area contributed by atoms with Gasteiger partial charge in [-0.2, -0.15) is 0 Å². The first-order valence-corrected chi connectivity index (χ1v) is 11.1. The van der Waals surface area contributed by atoms with Crippen molar-refractivity contribution in [3.05, 3.63) is 47.3 Å². The summed E-state index contributed by atoms with van der Waals surface area (Å²) < 4.78 is 5.59. The number of ether oxygens (including phenoxy) is 1. The van der Waals surface area contributed by atoms with E-state index in [9.17, 15) is 9.59 Å². The maximum Gasteiger partial charge on any atom is 0.251 e. The molecule has 2 atom stereocenters. The van der Waals surface area contributed by atoms with Crippen LogP contribution in [0.4, 0.5) is 0 Å². The lowest BCUT2D eigenvalue weighted by Crippen LogP contribution is -2.46. The van der Waals surface area contributed by atoms with Crippen LogP contribution in [0.15, 0.2) is 41.8 Å². The van der Waals surface area contributed by atoms with Gasteiger partial charge in [0.05, 0.1) is 5.41 Å². The smallest absolute Gasteiger partial charge is 0.251 e. The summed E-state index contributed by atoms with van der Waals surface area (Å²) in [6.45, 7) is 1.73. The van der Waals surface area contributed by atoms with Crippen molar-refractivity contribution < 1.29 is 14.3 Å². The van der Waals surface area contributed by atoms with Crippen LogP contribution in [-0.2, 0) is 20.7 Å². The molecule has 4 rings (SSSR count). The minimum absolute atomic E-state index is 0.0447. The molecule has 0 aliphatic carbocycles. The Balaban J connectivity index is 1.57. The highest BCUT2D eigenvalue weighted by molar-refractivity contribution is 7.13. The normalized spacial score (nSPS) is 24.1. The lowest BCUT2D eigenvalue weighted by molar-refractivity contribution is -0.142. The van der Waals surface area contributed by atoms with Gasteiger partial charge in [-0.15, -0.1) is 11.3 Å². The zero-order valence-electron chi connectivity index (χ0n) is 17.1. The van der Waals surface area contributed by atoms with Gasteiger partial charge in [-0.3, -0.25) is 9.59 Å². The van der Waals surface area contributed by atoms with Crippen LogP contribution >= 0.6 is 11.3 Å². The highest BCUT2D eigenvalue weighted by atomic mass is 32.1. The van der Waals surface area contributed by atoms with Crippen LogP contribution < -0.4 is 0 Å². The molecule has 5 nitrogen and oxygen atoms in total. The number of benzene rings is 1. The number of likely N-dealkylation sites (tertiary alicyclic amines) is 1. The summed E-state index contributed by atoms with van der Waals surface area (Å²) in [5.41, 5.74) is 1.74. The summed E-state index contributed by atoms with van der Waals surface area (Å²) in [7, 11) is 3.60. The molecule has 3 heterocycles. The van der Waals surface area contributed by atoms with E-state index in [1.54, 1.807) is 30.3 Å². The van der Waals surface area contributed by atoms with Crippen LogP contribution in [0.2, 0.25) is 0 Å². The number of amides is 2. The minimum atomic E-state index is -0.578. The van der Waals surface area contributed by atoms with E-state index in [0.717, 1.165) is 18.4 Å². The maximum atomic E-state index is 13.2. The van der Waals surface area contributed by atoms with Gasteiger partial charge in [0.1, 0.15) is 6.10 Å². The largest absolute Gasteiger partial charge is 0.368 e. The molecule has 2 aliphatic rings.